The van der Waals surface area contributed by atoms with E-state index in [4.69, 9.17) is 18.5 Å². The SMILES string of the molecule is CCCCCCCC/C=C/CCCCCCCCCCCCCC(=O)O[C@H](COC(=O)CCCCCCCCC)COP(=O)(O)OC1C(O)C(O)C(O)[C@@H](O)C1O. The molecular formula is C43H81O13P. The van der Waals surface area contributed by atoms with Crippen molar-refractivity contribution in [2.45, 2.75) is 236 Å². The van der Waals surface area contributed by atoms with Gasteiger partial charge in [0.05, 0.1) is 6.61 Å². The van der Waals surface area contributed by atoms with Crippen LogP contribution in [0, 0.1) is 0 Å². The van der Waals surface area contributed by atoms with Gasteiger partial charge in [0.25, 0.3) is 0 Å². The molecule has 1 aliphatic rings. The van der Waals surface area contributed by atoms with Crippen molar-refractivity contribution in [3.05, 3.63) is 12.2 Å². The fourth-order valence-corrected chi connectivity index (χ4v) is 7.90. The summed E-state index contributed by atoms with van der Waals surface area (Å²) in [5.74, 6) is -1.10. The molecule has 14 heteroatoms. The number of allylic oxidation sites excluding steroid dienone is 2. The average molecular weight is 837 g/mol. The summed E-state index contributed by atoms with van der Waals surface area (Å²) in [6, 6.07) is 0. The van der Waals surface area contributed by atoms with Gasteiger partial charge in [-0.25, -0.2) is 4.57 Å². The summed E-state index contributed by atoms with van der Waals surface area (Å²) in [4.78, 5) is 35.4. The van der Waals surface area contributed by atoms with Crippen LogP contribution >= 0.6 is 7.82 Å². The standard InChI is InChI=1S/C43H81O13P/c1-3-5-7-9-11-12-13-14-15-16-17-18-19-20-21-22-23-24-26-28-30-32-37(45)55-35(33-53-36(44)31-29-27-25-10-8-6-4-2)34-54-57(51,52)56-43-41(49)39(47)38(46)40(48)42(43)50/h14-15,35,38-43,46-50H,3-13,16-34H2,1-2H3,(H,51,52)/b15-14+/t35-,38?,39-,40?,41?,42?,43?/m1/s1. The summed E-state index contributed by atoms with van der Waals surface area (Å²) < 4.78 is 33.4. The molecule has 0 bridgehead atoms. The summed E-state index contributed by atoms with van der Waals surface area (Å²) in [5, 5.41) is 50.0. The van der Waals surface area contributed by atoms with Crippen LogP contribution in [0.1, 0.15) is 194 Å². The minimum Gasteiger partial charge on any atom is -0.462 e. The molecular weight excluding hydrogens is 755 g/mol. The van der Waals surface area contributed by atoms with Crippen LogP contribution in [-0.4, -0.2) is 98.3 Å². The normalized spacial score (nSPS) is 22.7. The summed E-state index contributed by atoms with van der Waals surface area (Å²) in [6.07, 6.45) is 21.7. The predicted molar refractivity (Wildman–Crippen MR) is 221 cm³/mol. The number of ether oxygens (including phenoxy) is 2. The van der Waals surface area contributed by atoms with Crippen LogP contribution < -0.4 is 0 Å². The number of carbonyl (C=O) groups excluding carboxylic acids is 2. The minimum absolute atomic E-state index is 0.0998. The number of esters is 2. The number of rotatable bonds is 37. The molecule has 8 atom stereocenters. The van der Waals surface area contributed by atoms with Crippen molar-refractivity contribution >= 4 is 19.8 Å². The molecule has 13 nitrogen and oxygen atoms in total. The third-order valence-corrected chi connectivity index (χ3v) is 11.6. The van der Waals surface area contributed by atoms with Gasteiger partial charge in [0, 0.05) is 12.8 Å². The molecule has 6 unspecified atom stereocenters. The molecule has 1 rings (SSSR count). The van der Waals surface area contributed by atoms with Crippen molar-refractivity contribution in [3.8, 4) is 0 Å². The van der Waals surface area contributed by atoms with E-state index in [9.17, 15) is 44.6 Å². The van der Waals surface area contributed by atoms with Gasteiger partial charge < -0.3 is 39.9 Å². The molecule has 0 amide bonds. The van der Waals surface area contributed by atoms with E-state index < -0.39 is 75.7 Å². The molecule has 0 radical (unpaired) electrons. The third kappa shape index (κ3) is 27.1. The Bertz CT molecular complexity index is 1060. The number of unbranched alkanes of at least 4 members (excludes halogenated alkanes) is 23. The highest BCUT2D eigenvalue weighted by atomic mass is 31.2. The zero-order valence-corrected chi connectivity index (χ0v) is 36.3. The maximum absolute atomic E-state index is 12.8. The fraction of sp³-hybridized carbons (Fsp3) is 0.907. The molecule has 0 heterocycles. The highest BCUT2D eigenvalue weighted by Crippen LogP contribution is 2.47. The van der Waals surface area contributed by atoms with Crippen LogP contribution in [0.25, 0.3) is 0 Å². The van der Waals surface area contributed by atoms with E-state index in [0.717, 1.165) is 57.8 Å². The van der Waals surface area contributed by atoms with Gasteiger partial charge in [0.2, 0.25) is 0 Å². The Morgan fingerprint density at radius 2 is 0.895 bits per heavy atom. The third-order valence-electron chi connectivity index (χ3n) is 10.6. The number of aliphatic hydroxyl groups is 5. The minimum atomic E-state index is -5.10. The van der Waals surface area contributed by atoms with Gasteiger partial charge in [-0.15, -0.1) is 0 Å². The quantitative estimate of drug-likeness (QED) is 0.0151. The summed E-state index contributed by atoms with van der Waals surface area (Å²) in [6.45, 7) is 3.24. The molecule has 0 aromatic carbocycles. The lowest BCUT2D eigenvalue weighted by Gasteiger charge is -2.41. The van der Waals surface area contributed by atoms with Crippen molar-refractivity contribution in [2.75, 3.05) is 13.2 Å². The van der Waals surface area contributed by atoms with Crippen molar-refractivity contribution in [2.24, 2.45) is 0 Å². The first-order valence-electron chi connectivity index (χ1n) is 22.5. The van der Waals surface area contributed by atoms with Gasteiger partial charge in [0.15, 0.2) is 6.10 Å². The smallest absolute Gasteiger partial charge is 0.462 e. The molecule has 336 valence electrons. The lowest BCUT2D eigenvalue weighted by atomic mass is 9.85. The molecule has 1 aliphatic carbocycles. The van der Waals surface area contributed by atoms with E-state index in [-0.39, 0.29) is 12.8 Å². The highest BCUT2D eigenvalue weighted by molar-refractivity contribution is 7.47. The molecule has 1 fully saturated rings. The van der Waals surface area contributed by atoms with Crippen LogP contribution in [0.5, 0.6) is 0 Å². The Kier molecular flexibility index (Phi) is 32.3. The average Bonchev–Trinajstić information content (AvgIpc) is 3.19. The van der Waals surface area contributed by atoms with Crippen molar-refractivity contribution in [1.29, 1.82) is 0 Å². The topological polar surface area (TPSA) is 210 Å². The van der Waals surface area contributed by atoms with Gasteiger partial charge in [-0.3, -0.25) is 18.6 Å². The second-order valence-electron chi connectivity index (χ2n) is 15.9. The molecule has 0 aliphatic heterocycles. The number of carbonyl (C=O) groups is 2. The molecule has 0 aromatic rings. The maximum atomic E-state index is 12.8. The second-order valence-corrected chi connectivity index (χ2v) is 17.3. The first kappa shape index (κ1) is 53.6. The van der Waals surface area contributed by atoms with Crippen LogP contribution in [-0.2, 0) is 32.7 Å². The van der Waals surface area contributed by atoms with E-state index in [1.807, 2.05) is 0 Å². The number of phosphoric acid groups is 1. The monoisotopic (exact) mass is 837 g/mol. The molecule has 6 N–H and O–H groups in total. The molecule has 0 aromatic heterocycles. The summed E-state index contributed by atoms with van der Waals surface area (Å²) >= 11 is 0. The second kappa shape index (κ2) is 34.3. The zero-order valence-electron chi connectivity index (χ0n) is 35.4. The Labute approximate surface area is 343 Å². The van der Waals surface area contributed by atoms with Crippen LogP contribution in [0.3, 0.4) is 0 Å². The van der Waals surface area contributed by atoms with Crippen LogP contribution in [0.4, 0.5) is 0 Å². The first-order chi connectivity index (χ1) is 27.4. The Balaban J connectivity index is 2.36. The van der Waals surface area contributed by atoms with E-state index in [2.05, 4.69) is 26.0 Å². The summed E-state index contributed by atoms with van der Waals surface area (Å²) in [5.41, 5.74) is 0. The van der Waals surface area contributed by atoms with Crippen molar-refractivity contribution in [3.63, 3.8) is 0 Å². The fourth-order valence-electron chi connectivity index (χ4n) is 6.93. The van der Waals surface area contributed by atoms with Crippen molar-refractivity contribution < 1.29 is 63.1 Å². The molecule has 1 saturated carbocycles. The van der Waals surface area contributed by atoms with Crippen molar-refractivity contribution in [1.82, 2.24) is 0 Å². The van der Waals surface area contributed by atoms with E-state index >= 15 is 0 Å². The largest absolute Gasteiger partial charge is 0.472 e. The lowest BCUT2D eigenvalue weighted by molar-refractivity contribution is -0.220. The maximum Gasteiger partial charge on any atom is 0.472 e. The molecule has 0 saturated heterocycles. The van der Waals surface area contributed by atoms with E-state index in [1.54, 1.807) is 0 Å². The van der Waals surface area contributed by atoms with Gasteiger partial charge in [-0.1, -0.05) is 154 Å². The van der Waals surface area contributed by atoms with Gasteiger partial charge in [-0.05, 0) is 38.5 Å². The van der Waals surface area contributed by atoms with E-state index in [1.165, 1.54) is 96.3 Å². The Morgan fingerprint density at radius 3 is 1.33 bits per heavy atom. The highest BCUT2D eigenvalue weighted by Gasteiger charge is 2.51. The lowest BCUT2D eigenvalue weighted by Crippen LogP contribution is -2.64. The Hall–Kier alpha value is -1.41. The molecule has 0 spiro atoms. The van der Waals surface area contributed by atoms with Crippen LogP contribution in [0.15, 0.2) is 12.2 Å². The predicted octanol–water partition coefficient (Wildman–Crippen LogP) is 8.28. The molecule has 57 heavy (non-hydrogen) atoms. The zero-order chi connectivity index (χ0) is 42.2. The summed E-state index contributed by atoms with van der Waals surface area (Å²) in [7, 11) is -5.10. The number of hydrogen-bond acceptors (Lipinski definition) is 12. The first-order valence-corrected chi connectivity index (χ1v) is 24.0. The van der Waals surface area contributed by atoms with Crippen LogP contribution in [0.2, 0.25) is 0 Å². The number of hydrogen-bond donors (Lipinski definition) is 6. The van der Waals surface area contributed by atoms with Gasteiger partial charge >= 0.3 is 19.8 Å². The van der Waals surface area contributed by atoms with Gasteiger partial charge in [-0.2, -0.15) is 0 Å². The van der Waals surface area contributed by atoms with Gasteiger partial charge in [0.1, 0.15) is 43.2 Å². The Morgan fingerprint density at radius 1 is 0.526 bits per heavy atom. The van der Waals surface area contributed by atoms with E-state index in [0.29, 0.717) is 12.8 Å². The number of phosphoric ester groups is 1. The number of aliphatic hydroxyl groups excluding tert-OH is 5.